The van der Waals surface area contributed by atoms with Crippen molar-refractivity contribution in [3.8, 4) is 0 Å². The Morgan fingerprint density at radius 1 is 0.844 bits per heavy atom. The van der Waals surface area contributed by atoms with Crippen molar-refractivity contribution in [2.45, 2.75) is 101 Å². The molecule has 0 aromatic heterocycles. The Morgan fingerprint density at radius 3 is 2.00 bits per heavy atom. The van der Waals surface area contributed by atoms with Crippen molar-refractivity contribution in [2.75, 3.05) is 0 Å². The third-order valence-electron chi connectivity index (χ3n) is 8.60. The molecule has 0 unspecified atom stereocenters. The van der Waals surface area contributed by atoms with Crippen LogP contribution in [0.3, 0.4) is 0 Å². The quantitative estimate of drug-likeness (QED) is 0.105. The van der Waals surface area contributed by atoms with Crippen molar-refractivity contribution in [3.05, 3.63) is 140 Å². The summed E-state index contributed by atoms with van der Waals surface area (Å²) < 4.78 is 0. The zero-order chi connectivity index (χ0) is 33.9. The fourth-order valence-corrected chi connectivity index (χ4v) is 6.33. The molecule has 0 aliphatic heterocycles. The maximum absolute atomic E-state index is 11.7. The van der Waals surface area contributed by atoms with Crippen molar-refractivity contribution in [2.24, 2.45) is 16.7 Å². The van der Waals surface area contributed by atoms with E-state index in [1.807, 2.05) is 70.2 Å². The van der Waals surface area contributed by atoms with Crippen molar-refractivity contribution < 1.29 is 15.1 Å². The van der Waals surface area contributed by atoms with Gasteiger partial charge < -0.3 is 10.2 Å². The van der Waals surface area contributed by atoms with Gasteiger partial charge in [0.05, 0.1) is 17.1 Å². The minimum atomic E-state index is -0.383. The molecule has 0 heterocycles. The molecule has 2 N–H and O–H groups in total. The third kappa shape index (κ3) is 12.4. The predicted octanol–water partition coefficient (Wildman–Crippen LogP) is 10.0. The molecule has 45 heavy (non-hydrogen) atoms. The van der Waals surface area contributed by atoms with Crippen LogP contribution >= 0.6 is 0 Å². The van der Waals surface area contributed by atoms with E-state index in [2.05, 4.69) is 65.8 Å². The van der Waals surface area contributed by atoms with Gasteiger partial charge in [0.25, 0.3) is 5.70 Å². The minimum Gasteiger partial charge on any atom is -0.393 e. The van der Waals surface area contributed by atoms with Gasteiger partial charge >= 0.3 is 0 Å². The lowest BCUT2D eigenvalue weighted by molar-refractivity contribution is -0.419. The minimum absolute atomic E-state index is 0.0130. The average molecular weight is 614 g/mol. The summed E-state index contributed by atoms with van der Waals surface area (Å²) >= 11 is 0. The van der Waals surface area contributed by atoms with Crippen molar-refractivity contribution >= 4 is 0 Å². The van der Waals surface area contributed by atoms with Crippen LogP contribution in [-0.2, 0) is 0 Å². The number of aliphatic hydroxyl groups is 2. The number of nitrogens with zero attached hydrogens (tertiary/aromatic N) is 1. The van der Waals surface area contributed by atoms with Gasteiger partial charge in [-0.25, -0.2) is 0 Å². The molecule has 0 fully saturated rings. The molecule has 244 valence electrons. The van der Waals surface area contributed by atoms with Crippen molar-refractivity contribution in [1.82, 2.24) is 0 Å². The van der Waals surface area contributed by atoms with Gasteiger partial charge in [0.2, 0.25) is 0 Å². The van der Waals surface area contributed by atoms with Crippen LogP contribution in [0.2, 0.25) is 0 Å². The normalized spacial score (nSPS) is 25.7. The highest BCUT2D eigenvalue weighted by atomic mass is 16.6. The molecule has 0 saturated carbocycles. The summed E-state index contributed by atoms with van der Waals surface area (Å²) in [5, 5.41) is 31.9. The van der Waals surface area contributed by atoms with Crippen LogP contribution < -0.4 is 0 Å². The van der Waals surface area contributed by atoms with E-state index in [1.54, 1.807) is 12.2 Å². The van der Waals surface area contributed by atoms with Crippen LogP contribution in [0, 0.1) is 26.9 Å². The zero-order valence-corrected chi connectivity index (χ0v) is 29.1. The Morgan fingerprint density at radius 2 is 1.42 bits per heavy atom. The maximum atomic E-state index is 11.7. The first-order chi connectivity index (χ1) is 20.9. The Balaban J connectivity index is 2.06. The lowest BCUT2D eigenvalue weighted by atomic mass is 9.67. The summed E-state index contributed by atoms with van der Waals surface area (Å²) in [6.45, 7) is 20.7. The monoisotopic (exact) mass is 613 g/mol. The van der Waals surface area contributed by atoms with Crippen molar-refractivity contribution in [3.63, 3.8) is 0 Å². The topological polar surface area (TPSA) is 83.6 Å². The van der Waals surface area contributed by atoms with Gasteiger partial charge in [0, 0.05) is 18.1 Å². The van der Waals surface area contributed by atoms with E-state index >= 15 is 0 Å². The van der Waals surface area contributed by atoms with Crippen LogP contribution in [0.15, 0.2) is 130 Å². The second-order valence-electron chi connectivity index (χ2n) is 14.2. The second kappa shape index (κ2) is 16.7. The zero-order valence-electron chi connectivity index (χ0n) is 29.1. The lowest BCUT2D eigenvalue weighted by Gasteiger charge is -2.38. The van der Waals surface area contributed by atoms with E-state index in [1.165, 1.54) is 22.8 Å². The standard InChI is InChI=1S/C40H55NO4/c1-28(13-11-14-29(2)18-21-37-32(5)24-35(42)26-39(37,7)8)17-20-34(41(44)45)23-31(4)16-12-15-30(3)19-22-38-33(6)25-36(43)27-40(38,9)10/h11-23,25,35-36,38,42-43H,24,26-27H2,1-10H3/b13-11+,16-12+,21-18+,22-19+,28-17+,29-14+,30-15+,31-23+,34-20+/t35-,36+,38+/m1/s1. The Hall–Kier alpha value is -3.54. The van der Waals surface area contributed by atoms with E-state index in [9.17, 15) is 20.3 Å². The Labute approximate surface area is 272 Å². The highest BCUT2D eigenvalue weighted by Crippen LogP contribution is 2.42. The largest absolute Gasteiger partial charge is 0.393 e. The predicted molar refractivity (Wildman–Crippen MR) is 190 cm³/mol. The highest BCUT2D eigenvalue weighted by Gasteiger charge is 2.34. The molecule has 2 aliphatic carbocycles. The summed E-state index contributed by atoms with van der Waals surface area (Å²) in [6, 6.07) is 0. The first kappa shape index (κ1) is 37.6. The summed E-state index contributed by atoms with van der Waals surface area (Å²) in [5.41, 5.74) is 7.51. The van der Waals surface area contributed by atoms with Crippen molar-refractivity contribution in [1.29, 1.82) is 0 Å². The molecule has 0 spiro atoms. The fraction of sp³-hybridized carbons (Fsp3) is 0.450. The molecule has 2 rings (SSSR count). The first-order valence-electron chi connectivity index (χ1n) is 15.9. The van der Waals surface area contributed by atoms with Crippen LogP contribution in [0.1, 0.15) is 88.5 Å². The van der Waals surface area contributed by atoms with E-state index in [0.29, 0.717) is 0 Å². The van der Waals surface area contributed by atoms with Gasteiger partial charge in [-0.2, -0.15) is 0 Å². The molecule has 0 saturated heterocycles. The summed E-state index contributed by atoms with van der Waals surface area (Å²) in [4.78, 5) is 11.3. The van der Waals surface area contributed by atoms with Crippen LogP contribution in [0.5, 0.6) is 0 Å². The summed E-state index contributed by atoms with van der Waals surface area (Å²) in [5.74, 6) is 0.267. The highest BCUT2D eigenvalue weighted by molar-refractivity contribution is 5.38. The molecular weight excluding hydrogens is 558 g/mol. The summed E-state index contributed by atoms with van der Waals surface area (Å²) in [7, 11) is 0. The van der Waals surface area contributed by atoms with E-state index in [0.717, 1.165) is 41.6 Å². The molecular formula is C40H55NO4. The van der Waals surface area contributed by atoms with E-state index < -0.39 is 0 Å². The molecule has 0 radical (unpaired) electrons. The molecule has 3 atom stereocenters. The number of nitro groups is 1. The number of hydrogen-bond donors (Lipinski definition) is 2. The molecule has 5 heteroatoms. The Kier molecular flexibility index (Phi) is 14.0. The van der Waals surface area contributed by atoms with Crippen LogP contribution in [0.25, 0.3) is 0 Å². The Bertz CT molecular complexity index is 1430. The number of aliphatic hydroxyl groups excluding tert-OH is 2. The van der Waals surface area contributed by atoms with Gasteiger partial charge in [-0.1, -0.05) is 128 Å². The lowest BCUT2D eigenvalue weighted by Crippen LogP contribution is -2.32. The maximum Gasteiger partial charge on any atom is 0.269 e. The van der Waals surface area contributed by atoms with Gasteiger partial charge in [0.1, 0.15) is 0 Å². The number of hydrogen-bond acceptors (Lipinski definition) is 4. The molecule has 0 amide bonds. The molecule has 2 aliphatic rings. The second-order valence-corrected chi connectivity index (χ2v) is 14.2. The molecule has 0 bridgehead atoms. The smallest absolute Gasteiger partial charge is 0.269 e. The van der Waals surface area contributed by atoms with Gasteiger partial charge in [-0.15, -0.1) is 0 Å². The molecule has 0 aromatic carbocycles. The van der Waals surface area contributed by atoms with Gasteiger partial charge in [-0.05, 0) is 82.8 Å². The average Bonchev–Trinajstić information content (AvgIpc) is 2.88. The summed E-state index contributed by atoms with van der Waals surface area (Å²) in [6.07, 6.45) is 28.6. The van der Waals surface area contributed by atoms with Crippen LogP contribution in [0.4, 0.5) is 0 Å². The van der Waals surface area contributed by atoms with E-state index in [4.69, 9.17) is 0 Å². The molecule has 0 aromatic rings. The number of allylic oxidation sites excluding steroid dienone is 19. The molecule has 5 nitrogen and oxygen atoms in total. The van der Waals surface area contributed by atoms with Gasteiger partial charge in [-0.3, -0.25) is 10.1 Å². The van der Waals surface area contributed by atoms with Crippen LogP contribution in [-0.4, -0.2) is 27.3 Å². The SMILES string of the molecule is CC1=C[C@H](O)CC(C)(C)[C@H]1/C=C/C(C)=C/C=C/C(C)=C/C(=C\C=C(C)\C=C\C=C(C)\C=C\C1=C(C)C[C@@H](O)CC1(C)C)[N+](=O)[O-]. The third-order valence-corrected chi connectivity index (χ3v) is 8.60. The number of rotatable bonds is 11. The van der Waals surface area contributed by atoms with Gasteiger partial charge in [0.15, 0.2) is 0 Å². The fourth-order valence-electron chi connectivity index (χ4n) is 6.33. The first-order valence-corrected chi connectivity index (χ1v) is 15.9. The van der Waals surface area contributed by atoms with E-state index in [-0.39, 0.29) is 39.6 Å².